The van der Waals surface area contributed by atoms with Gasteiger partial charge in [0.25, 0.3) is 5.91 Å². The van der Waals surface area contributed by atoms with E-state index in [1.807, 2.05) is 0 Å². The molecule has 0 bridgehead atoms. The van der Waals surface area contributed by atoms with Gasteiger partial charge in [-0.15, -0.1) is 0 Å². The van der Waals surface area contributed by atoms with Crippen LogP contribution >= 0.6 is 0 Å². The van der Waals surface area contributed by atoms with Gasteiger partial charge in [0.15, 0.2) is 0 Å². The van der Waals surface area contributed by atoms with Crippen molar-refractivity contribution in [3.05, 3.63) is 53.7 Å². The number of phenolic OH excluding ortho intramolecular Hbond substituents is 1. The van der Waals surface area contributed by atoms with Crippen LogP contribution in [0.4, 0.5) is 13.2 Å². The number of aromatic hydroxyl groups is 1. The van der Waals surface area contributed by atoms with Gasteiger partial charge in [0.1, 0.15) is 23.4 Å². The summed E-state index contributed by atoms with van der Waals surface area (Å²) in [5, 5.41) is 12.4. The van der Waals surface area contributed by atoms with Gasteiger partial charge < -0.3 is 15.2 Å². The summed E-state index contributed by atoms with van der Waals surface area (Å²) in [5.41, 5.74) is -1.25. The van der Waals surface area contributed by atoms with E-state index in [1.165, 1.54) is 30.3 Å². The van der Waals surface area contributed by atoms with Crippen molar-refractivity contribution in [2.45, 2.75) is 13.1 Å². The summed E-state index contributed by atoms with van der Waals surface area (Å²) in [6.45, 7) is 1.33. The number of esters is 1. The smallest absolute Gasteiger partial charge is 0.417 e. The van der Waals surface area contributed by atoms with Crippen LogP contribution in [-0.4, -0.2) is 40.1 Å². The van der Waals surface area contributed by atoms with Crippen LogP contribution in [0.3, 0.4) is 0 Å². The highest BCUT2D eigenvalue weighted by molar-refractivity contribution is 6.08. The fraction of sp³-hybridized carbons (Fsp3) is 0.200. The summed E-state index contributed by atoms with van der Waals surface area (Å²) < 4.78 is 44.6. The fourth-order valence-corrected chi connectivity index (χ4v) is 2.83. The van der Waals surface area contributed by atoms with Crippen molar-refractivity contribution in [2.24, 2.45) is 0 Å². The lowest BCUT2D eigenvalue weighted by atomic mass is 10.0. The number of fused-ring (bicyclic) bond motifs is 1. The number of nitrogens with zero attached hydrogens (tertiary/aromatic N) is 2. The molecule has 0 unspecified atom stereocenters. The maximum Gasteiger partial charge on any atom is 0.417 e. The molecule has 10 heteroatoms. The van der Waals surface area contributed by atoms with E-state index in [0.29, 0.717) is 0 Å². The highest BCUT2D eigenvalue weighted by Gasteiger charge is 2.33. The molecule has 3 aromatic rings. The molecule has 0 radical (unpaired) electrons. The third-order valence-electron chi connectivity index (χ3n) is 4.13. The summed E-state index contributed by atoms with van der Waals surface area (Å²) >= 11 is 0. The minimum atomic E-state index is -4.58. The van der Waals surface area contributed by atoms with Crippen LogP contribution in [0.25, 0.3) is 22.3 Å². The number of benzene rings is 2. The van der Waals surface area contributed by atoms with Crippen molar-refractivity contribution in [3.63, 3.8) is 0 Å². The second kappa shape index (κ2) is 8.36. The second-order valence-corrected chi connectivity index (χ2v) is 6.11. The lowest BCUT2D eigenvalue weighted by Gasteiger charge is -2.13. The Morgan fingerprint density at radius 2 is 1.90 bits per heavy atom. The van der Waals surface area contributed by atoms with E-state index in [9.17, 15) is 27.9 Å². The number of phenols is 1. The first kappa shape index (κ1) is 21.0. The first-order chi connectivity index (χ1) is 14.2. The fourth-order valence-electron chi connectivity index (χ4n) is 2.83. The number of hydrogen-bond acceptors (Lipinski definition) is 6. The van der Waals surface area contributed by atoms with Crippen molar-refractivity contribution >= 4 is 22.9 Å². The minimum absolute atomic E-state index is 0.0235. The quantitative estimate of drug-likeness (QED) is 0.616. The zero-order valence-electron chi connectivity index (χ0n) is 15.7. The van der Waals surface area contributed by atoms with Gasteiger partial charge in [-0.2, -0.15) is 13.2 Å². The Hall–Kier alpha value is -3.69. The van der Waals surface area contributed by atoms with Crippen molar-refractivity contribution in [2.75, 3.05) is 13.2 Å². The van der Waals surface area contributed by atoms with Gasteiger partial charge in [-0.25, -0.2) is 4.98 Å². The predicted octanol–water partition coefficient (Wildman–Crippen LogP) is 3.31. The molecule has 0 fully saturated rings. The number of amides is 1. The number of carbonyl (C=O) groups excluding carboxylic acids is 2. The van der Waals surface area contributed by atoms with E-state index in [2.05, 4.69) is 15.3 Å². The van der Waals surface area contributed by atoms with E-state index in [4.69, 9.17) is 4.74 Å². The Morgan fingerprint density at radius 3 is 2.60 bits per heavy atom. The molecule has 0 aliphatic carbocycles. The van der Waals surface area contributed by atoms with E-state index >= 15 is 0 Å². The van der Waals surface area contributed by atoms with Gasteiger partial charge in [0.05, 0.1) is 29.6 Å². The van der Waals surface area contributed by atoms with Gasteiger partial charge in [-0.05, 0) is 25.1 Å². The third kappa shape index (κ3) is 4.32. The Morgan fingerprint density at radius 1 is 1.17 bits per heavy atom. The predicted molar refractivity (Wildman–Crippen MR) is 101 cm³/mol. The van der Waals surface area contributed by atoms with Crippen LogP contribution < -0.4 is 5.32 Å². The van der Waals surface area contributed by atoms with Gasteiger partial charge >= 0.3 is 12.1 Å². The maximum absolute atomic E-state index is 13.3. The first-order valence-electron chi connectivity index (χ1n) is 8.81. The van der Waals surface area contributed by atoms with Crippen LogP contribution in [-0.2, 0) is 15.7 Å². The number of alkyl halides is 3. The summed E-state index contributed by atoms with van der Waals surface area (Å²) in [4.78, 5) is 32.1. The van der Waals surface area contributed by atoms with E-state index in [-0.39, 0.29) is 34.5 Å². The van der Waals surface area contributed by atoms with Crippen molar-refractivity contribution in [1.29, 1.82) is 0 Å². The van der Waals surface area contributed by atoms with Crippen molar-refractivity contribution < 1.29 is 32.6 Å². The molecule has 0 aliphatic rings. The van der Waals surface area contributed by atoms with Gasteiger partial charge in [-0.1, -0.05) is 18.2 Å². The molecule has 0 saturated heterocycles. The number of hydrogen-bond donors (Lipinski definition) is 2. The lowest BCUT2D eigenvalue weighted by molar-refractivity contribution is -0.142. The van der Waals surface area contributed by atoms with Crippen LogP contribution in [0.15, 0.2) is 42.6 Å². The highest BCUT2D eigenvalue weighted by atomic mass is 19.4. The molecule has 1 aromatic heterocycles. The average Bonchev–Trinajstić information content (AvgIpc) is 2.71. The molecule has 2 N–H and O–H groups in total. The highest BCUT2D eigenvalue weighted by Crippen LogP contribution is 2.36. The van der Waals surface area contributed by atoms with E-state index in [0.717, 1.165) is 12.3 Å². The largest absolute Gasteiger partial charge is 0.507 e. The molecule has 7 nitrogen and oxygen atoms in total. The standard InChI is InChI=1S/C20H16F3N3O4/c1-2-30-16(28)10-25-19(29)17-15(27)8-7-13-18(17)24-9-14(26-13)11-5-3-4-6-12(11)20(21,22)23/h3-9,27H,2,10H2,1H3,(H,25,29). The number of nitrogens with one attached hydrogen (secondary N) is 1. The molecular weight excluding hydrogens is 403 g/mol. The van der Waals surface area contributed by atoms with Crippen molar-refractivity contribution in [3.8, 4) is 17.0 Å². The monoisotopic (exact) mass is 419 g/mol. The zero-order chi connectivity index (χ0) is 21.9. The zero-order valence-corrected chi connectivity index (χ0v) is 15.7. The summed E-state index contributed by atoms with van der Waals surface area (Å²) in [5.74, 6) is -1.88. The normalized spacial score (nSPS) is 11.3. The molecule has 3 rings (SSSR count). The number of aromatic nitrogens is 2. The Labute approximate surface area is 168 Å². The first-order valence-corrected chi connectivity index (χ1v) is 8.81. The minimum Gasteiger partial charge on any atom is -0.507 e. The van der Waals surface area contributed by atoms with Crippen LogP contribution in [0.2, 0.25) is 0 Å². The van der Waals surface area contributed by atoms with Gasteiger partial charge in [0.2, 0.25) is 0 Å². The number of halogens is 3. The number of carbonyl (C=O) groups is 2. The molecule has 1 heterocycles. The summed E-state index contributed by atoms with van der Waals surface area (Å²) in [6.07, 6.45) is -3.49. The Balaban J connectivity index is 2.01. The summed E-state index contributed by atoms with van der Waals surface area (Å²) in [6, 6.07) is 7.43. The maximum atomic E-state index is 13.3. The number of ether oxygens (including phenoxy) is 1. The van der Waals surface area contributed by atoms with E-state index < -0.39 is 35.9 Å². The SMILES string of the molecule is CCOC(=O)CNC(=O)c1c(O)ccc2nc(-c3ccccc3C(F)(F)F)cnc12. The molecule has 1 amide bonds. The molecule has 30 heavy (non-hydrogen) atoms. The summed E-state index contributed by atoms with van der Waals surface area (Å²) in [7, 11) is 0. The lowest BCUT2D eigenvalue weighted by Crippen LogP contribution is -2.31. The molecule has 0 atom stereocenters. The van der Waals surface area contributed by atoms with E-state index in [1.54, 1.807) is 6.92 Å². The molecule has 156 valence electrons. The number of rotatable bonds is 5. The molecule has 0 saturated carbocycles. The average molecular weight is 419 g/mol. The topological polar surface area (TPSA) is 101 Å². The third-order valence-corrected chi connectivity index (χ3v) is 4.13. The second-order valence-electron chi connectivity index (χ2n) is 6.11. The van der Waals surface area contributed by atoms with Crippen LogP contribution in [0, 0.1) is 0 Å². The Bertz CT molecular complexity index is 1120. The van der Waals surface area contributed by atoms with Crippen LogP contribution in [0.1, 0.15) is 22.8 Å². The van der Waals surface area contributed by atoms with Gasteiger partial charge in [0, 0.05) is 5.56 Å². The van der Waals surface area contributed by atoms with Gasteiger partial charge in [-0.3, -0.25) is 14.6 Å². The molecular formula is C20H16F3N3O4. The Kier molecular flexibility index (Phi) is 5.86. The molecule has 0 spiro atoms. The van der Waals surface area contributed by atoms with Crippen LogP contribution in [0.5, 0.6) is 5.75 Å². The molecule has 2 aromatic carbocycles. The van der Waals surface area contributed by atoms with Crippen molar-refractivity contribution in [1.82, 2.24) is 15.3 Å². The molecule has 0 aliphatic heterocycles.